The number of hydrogen-bond donors (Lipinski definition) is 4. The van der Waals surface area contributed by atoms with E-state index in [2.05, 4.69) is 33.0 Å². The summed E-state index contributed by atoms with van der Waals surface area (Å²) < 4.78 is 5.31. The molecule has 9 heteroatoms. The molecule has 9 nitrogen and oxygen atoms in total. The van der Waals surface area contributed by atoms with Crippen molar-refractivity contribution >= 4 is 23.4 Å². The number of para-hydroxylation sites is 2. The highest BCUT2D eigenvalue weighted by Gasteiger charge is 2.36. The lowest BCUT2D eigenvalue weighted by Gasteiger charge is -2.38. The van der Waals surface area contributed by atoms with Gasteiger partial charge in [-0.1, -0.05) is 80.6 Å². The highest BCUT2D eigenvalue weighted by atomic mass is 16.5. The number of rotatable bonds is 13. The zero-order chi connectivity index (χ0) is 32.1. The maximum absolute atomic E-state index is 14.1. The molecule has 0 aromatic heterocycles. The lowest BCUT2D eigenvalue weighted by atomic mass is 9.84. The van der Waals surface area contributed by atoms with Crippen molar-refractivity contribution in [1.29, 1.82) is 0 Å². The van der Waals surface area contributed by atoms with Gasteiger partial charge in [0, 0.05) is 43.6 Å². The summed E-state index contributed by atoms with van der Waals surface area (Å²) in [6.45, 7) is 2.13. The number of ether oxygens (including phenoxy) is 1. The van der Waals surface area contributed by atoms with E-state index in [1.807, 2.05) is 77.7 Å². The van der Waals surface area contributed by atoms with Crippen LogP contribution in [0.15, 0.2) is 84.9 Å². The number of anilines is 2. The van der Waals surface area contributed by atoms with Crippen molar-refractivity contribution in [2.45, 2.75) is 69.6 Å². The first-order chi connectivity index (χ1) is 22.5. The van der Waals surface area contributed by atoms with Gasteiger partial charge in [0.25, 0.3) is 0 Å². The van der Waals surface area contributed by atoms with E-state index < -0.39 is 6.10 Å². The third-order valence-corrected chi connectivity index (χ3v) is 9.35. The quantitative estimate of drug-likeness (QED) is 0.176. The van der Waals surface area contributed by atoms with Gasteiger partial charge in [-0.3, -0.25) is 4.90 Å². The molecular weight excluding hydrogens is 578 g/mol. The number of aliphatic hydroxyl groups is 1. The maximum Gasteiger partial charge on any atom is 0.322 e. The van der Waals surface area contributed by atoms with Crippen LogP contribution < -0.4 is 20.7 Å². The van der Waals surface area contributed by atoms with Crippen molar-refractivity contribution in [3.63, 3.8) is 0 Å². The maximum atomic E-state index is 14.1. The summed E-state index contributed by atoms with van der Waals surface area (Å²) in [5, 5.41) is 19.9. The molecule has 1 aliphatic carbocycles. The monoisotopic (exact) mass is 627 g/mol. The zero-order valence-electron chi connectivity index (χ0n) is 26.9. The first-order valence-electron chi connectivity index (χ1n) is 16.7. The van der Waals surface area contributed by atoms with Crippen LogP contribution in [0, 0.1) is 5.92 Å². The molecule has 2 aliphatic rings. The molecule has 2 fully saturated rings. The molecule has 1 heterocycles. The van der Waals surface area contributed by atoms with Crippen molar-refractivity contribution in [1.82, 2.24) is 15.1 Å². The number of urea groups is 2. The Morgan fingerprint density at radius 3 is 2.22 bits per heavy atom. The van der Waals surface area contributed by atoms with Gasteiger partial charge in [0.05, 0.1) is 19.3 Å². The van der Waals surface area contributed by atoms with E-state index in [-0.39, 0.29) is 24.1 Å². The van der Waals surface area contributed by atoms with Crippen LogP contribution in [-0.2, 0) is 6.42 Å². The summed E-state index contributed by atoms with van der Waals surface area (Å²) in [4.78, 5) is 31.4. The summed E-state index contributed by atoms with van der Waals surface area (Å²) in [5.41, 5.74) is 2.64. The van der Waals surface area contributed by atoms with Gasteiger partial charge >= 0.3 is 12.1 Å². The van der Waals surface area contributed by atoms with E-state index in [9.17, 15) is 14.7 Å². The SMILES string of the molecule is COc1ccc(CCN2C[C@@H](O)C[C@H]2CN(C(=O)Nc2ccccc2)[C@@H](CNC(=O)Nc2ccccc2)CC2CCCCC2)cc1. The molecule has 1 aliphatic heterocycles. The van der Waals surface area contributed by atoms with Crippen LogP contribution in [-0.4, -0.2) is 78.4 Å². The number of amides is 4. The largest absolute Gasteiger partial charge is 0.497 e. The van der Waals surface area contributed by atoms with Gasteiger partial charge in [0.15, 0.2) is 0 Å². The fourth-order valence-corrected chi connectivity index (χ4v) is 6.86. The minimum absolute atomic E-state index is 0.0122. The Bertz CT molecular complexity index is 1350. The number of nitrogens with zero attached hydrogens (tertiary/aromatic N) is 2. The normalized spacial score (nSPS) is 19.3. The van der Waals surface area contributed by atoms with Crippen molar-refractivity contribution in [2.24, 2.45) is 5.92 Å². The lowest BCUT2D eigenvalue weighted by Crippen LogP contribution is -2.54. The number of likely N-dealkylation sites (tertiary alicyclic amines) is 1. The smallest absolute Gasteiger partial charge is 0.322 e. The Hall–Kier alpha value is -4.08. The van der Waals surface area contributed by atoms with E-state index in [4.69, 9.17) is 4.74 Å². The van der Waals surface area contributed by atoms with Gasteiger partial charge in [-0.2, -0.15) is 0 Å². The molecule has 0 bridgehead atoms. The van der Waals surface area contributed by atoms with E-state index >= 15 is 0 Å². The molecule has 0 unspecified atom stereocenters. The molecule has 4 N–H and O–H groups in total. The minimum atomic E-state index is -0.452. The fourth-order valence-electron chi connectivity index (χ4n) is 6.86. The molecule has 1 saturated carbocycles. The van der Waals surface area contributed by atoms with Gasteiger partial charge in [0.1, 0.15) is 5.75 Å². The second-order valence-corrected chi connectivity index (χ2v) is 12.7. The van der Waals surface area contributed by atoms with E-state index in [1.165, 1.54) is 24.8 Å². The van der Waals surface area contributed by atoms with Gasteiger partial charge in [-0.25, -0.2) is 9.59 Å². The van der Waals surface area contributed by atoms with Crippen molar-refractivity contribution < 1.29 is 19.4 Å². The van der Waals surface area contributed by atoms with Crippen LogP contribution in [0.4, 0.5) is 21.0 Å². The Morgan fingerprint density at radius 1 is 0.913 bits per heavy atom. The van der Waals surface area contributed by atoms with Gasteiger partial charge in [-0.05, 0) is 67.1 Å². The van der Waals surface area contributed by atoms with Gasteiger partial charge in [-0.15, -0.1) is 0 Å². The fraction of sp³-hybridized carbons (Fsp3) is 0.459. The molecule has 246 valence electrons. The summed E-state index contributed by atoms with van der Waals surface area (Å²) in [7, 11) is 1.66. The number of methoxy groups -OCH3 is 1. The molecule has 4 amide bonds. The Labute approximate surface area is 273 Å². The minimum Gasteiger partial charge on any atom is -0.497 e. The summed E-state index contributed by atoms with van der Waals surface area (Å²) in [5.74, 6) is 1.32. The van der Waals surface area contributed by atoms with Crippen LogP contribution in [0.25, 0.3) is 0 Å². The number of carbonyl (C=O) groups is 2. The van der Waals surface area contributed by atoms with Crippen molar-refractivity contribution in [3.8, 4) is 5.75 Å². The molecule has 3 aromatic carbocycles. The molecular formula is C37H49N5O4. The van der Waals surface area contributed by atoms with E-state index in [1.54, 1.807) is 7.11 Å². The summed E-state index contributed by atoms with van der Waals surface area (Å²) in [6.07, 6.45) is 7.70. The lowest BCUT2D eigenvalue weighted by molar-refractivity contribution is 0.133. The third-order valence-electron chi connectivity index (χ3n) is 9.35. The zero-order valence-corrected chi connectivity index (χ0v) is 26.9. The first-order valence-corrected chi connectivity index (χ1v) is 16.7. The molecule has 46 heavy (non-hydrogen) atoms. The Kier molecular flexibility index (Phi) is 12.3. The van der Waals surface area contributed by atoms with Crippen molar-refractivity contribution in [3.05, 3.63) is 90.5 Å². The van der Waals surface area contributed by atoms with Crippen LogP contribution in [0.3, 0.4) is 0 Å². The predicted molar refractivity (Wildman–Crippen MR) is 183 cm³/mol. The molecule has 0 spiro atoms. The Balaban J connectivity index is 1.34. The topological polar surface area (TPSA) is 106 Å². The first kappa shape index (κ1) is 33.3. The Morgan fingerprint density at radius 2 is 1.57 bits per heavy atom. The second-order valence-electron chi connectivity index (χ2n) is 12.7. The average Bonchev–Trinajstić information content (AvgIpc) is 3.44. The van der Waals surface area contributed by atoms with Crippen molar-refractivity contribution in [2.75, 3.05) is 43.9 Å². The number of hydrogen-bond acceptors (Lipinski definition) is 5. The third kappa shape index (κ3) is 9.96. The molecule has 0 radical (unpaired) electrons. The summed E-state index contributed by atoms with van der Waals surface area (Å²) >= 11 is 0. The second kappa shape index (κ2) is 17.0. The average molecular weight is 628 g/mol. The molecule has 1 saturated heterocycles. The van der Waals surface area contributed by atoms with Crippen LogP contribution in [0.1, 0.15) is 50.5 Å². The number of β-amino-alcohol motifs (C(OH)–C–C–N with tert-alkyl or cyclic N) is 1. The standard InChI is InChI=1S/C37H49N5O4/c1-46-35-19-17-28(18-20-35)21-22-41-27-34(43)24-33(41)26-42(37(45)40-31-15-9-4-10-16-31)32(23-29-11-5-2-6-12-29)25-38-36(44)39-30-13-7-3-8-14-30/h3-4,7-10,13-20,29,32-34,43H,2,5-6,11-12,21-27H2,1H3,(H,40,45)(H2,38,39,44)/t32-,33+,34+/m1/s1. The van der Waals surface area contributed by atoms with E-state index in [0.29, 0.717) is 32.0 Å². The number of benzene rings is 3. The number of aliphatic hydroxyl groups excluding tert-OH is 1. The van der Waals surface area contributed by atoms with Gasteiger partial charge < -0.3 is 30.7 Å². The number of nitrogens with one attached hydrogen (secondary N) is 3. The van der Waals surface area contributed by atoms with E-state index in [0.717, 1.165) is 49.4 Å². The van der Waals surface area contributed by atoms with Crippen LogP contribution >= 0.6 is 0 Å². The van der Waals surface area contributed by atoms with Crippen LogP contribution in [0.5, 0.6) is 5.75 Å². The van der Waals surface area contributed by atoms with Gasteiger partial charge in [0.2, 0.25) is 0 Å². The molecule has 3 atom stereocenters. The van der Waals surface area contributed by atoms with Crippen LogP contribution in [0.2, 0.25) is 0 Å². The predicted octanol–water partition coefficient (Wildman–Crippen LogP) is 6.37. The molecule has 5 rings (SSSR count). The molecule has 3 aromatic rings. The number of carbonyl (C=O) groups excluding carboxylic acids is 2. The highest BCUT2D eigenvalue weighted by molar-refractivity contribution is 5.90. The summed E-state index contributed by atoms with van der Waals surface area (Å²) in [6, 6.07) is 26.3. The highest BCUT2D eigenvalue weighted by Crippen LogP contribution is 2.30.